The van der Waals surface area contributed by atoms with E-state index in [-0.39, 0.29) is 6.47 Å². The van der Waals surface area contributed by atoms with E-state index in [1.807, 2.05) is 12.3 Å². The number of likely N-dealkylation sites (tertiary alicyclic amines) is 1. The molecule has 36 heavy (non-hydrogen) atoms. The quantitative estimate of drug-likeness (QED) is 0.582. The summed E-state index contributed by atoms with van der Waals surface area (Å²) in [7, 11) is 0. The van der Waals surface area contributed by atoms with Crippen LogP contribution in [0.25, 0.3) is 0 Å². The molecule has 2 N–H and O–H groups in total. The van der Waals surface area contributed by atoms with Gasteiger partial charge in [0.2, 0.25) is 0 Å². The van der Waals surface area contributed by atoms with E-state index < -0.39 is 5.60 Å². The molecule has 3 fully saturated rings. The molecule has 5 rings (SSSR count). The number of hydrogen-bond acceptors (Lipinski definition) is 7. The number of hydrogen-bond donors (Lipinski definition) is 2. The third-order valence-electron chi connectivity index (χ3n) is 7.94. The van der Waals surface area contributed by atoms with Crippen LogP contribution in [0.2, 0.25) is 0 Å². The van der Waals surface area contributed by atoms with Crippen LogP contribution in [0.4, 0.5) is 5.69 Å². The Morgan fingerprint density at radius 3 is 2.56 bits per heavy atom. The van der Waals surface area contributed by atoms with Crippen molar-refractivity contribution >= 4 is 12.2 Å². The second kappa shape index (κ2) is 11.1. The van der Waals surface area contributed by atoms with Gasteiger partial charge >= 0.3 is 0 Å². The SMILES string of the molecule is Cc1ncncc1N1CC2(CCC(N3CCC(c4ccccc4OCC(C)(C)O)CC3)C2)C1.O=CO. The number of aryl methyl sites for hydroxylation is 1. The molecule has 1 aromatic carbocycles. The van der Waals surface area contributed by atoms with Gasteiger partial charge in [-0.3, -0.25) is 4.79 Å². The van der Waals surface area contributed by atoms with Crippen molar-refractivity contribution in [1.29, 1.82) is 0 Å². The third kappa shape index (κ3) is 6.16. The Bertz CT molecular complexity index is 1010. The fourth-order valence-corrected chi connectivity index (χ4v) is 6.18. The maximum Gasteiger partial charge on any atom is 0.290 e. The van der Waals surface area contributed by atoms with Crippen LogP contribution >= 0.6 is 0 Å². The first-order valence-corrected chi connectivity index (χ1v) is 13.0. The molecule has 196 valence electrons. The zero-order valence-electron chi connectivity index (χ0n) is 21.8. The van der Waals surface area contributed by atoms with Gasteiger partial charge in [-0.25, -0.2) is 9.97 Å². The van der Waals surface area contributed by atoms with Gasteiger partial charge in [0.25, 0.3) is 6.47 Å². The van der Waals surface area contributed by atoms with Crippen molar-refractivity contribution in [3.05, 3.63) is 48.0 Å². The standard InChI is InChI=1S/C27H38N4O2.CH2O2/c1-20-24(15-28-19-29-20)31-16-27(17-31)11-8-22(14-27)30-12-9-21(10-13-30)23-6-4-5-7-25(23)33-18-26(2,3)32;2-1-3/h4-7,15,19,21-22,32H,8-14,16-18H2,1-3H3;1H,(H,2,3). The molecule has 1 unspecified atom stereocenters. The van der Waals surface area contributed by atoms with Crippen LogP contribution in [0.3, 0.4) is 0 Å². The molecular formula is C28H40N4O4. The smallest absolute Gasteiger partial charge is 0.290 e. The number of benzene rings is 1. The predicted octanol–water partition coefficient (Wildman–Crippen LogP) is 3.87. The third-order valence-corrected chi connectivity index (χ3v) is 7.94. The van der Waals surface area contributed by atoms with E-state index >= 15 is 0 Å². The minimum atomic E-state index is -0.821. The number of aromatic nitrogens is 2. The van der Waals surface area contributed by atoms with Crippen molar-refractivity contribution in [3.8, 4) is 5.75 Å². The lowest BCUT2D eigenvalue weighted by Gasteiger charge is -2.50. The van der Waals surface area contributed by atoms with Crippen LogP contribution in [0.15, 0.2) is 36.8 Å². The molecule has 1 spiro atoms. The maximum atomic E-state index is 10.1. The lowest BCUT2D eigenvalue weighted by molar-refractivity contribution is -0.122. The molecule has 0 bridgehead atoms. The highest BCUT2D eigenvalue weighted by atomic mass is 16.5. The van der Waals surface area contributed by atoms with Gasteiger partial charge in [0.05, 0.1) is 23.2 Å². The lowest BCUT2D eigenvalue weighted by atomic mass is 9.77. The Morgan fingerprint density at radius 1 is 1.19 bits per heavy atom. The fraction of sp³-hybridized carbons (Fsp3) is 0.607. The molecule has 1 aliphatic carbocycles. The van der Waals surface area contributed by atoms with Gasteiger partial charge in [-0.1, -0.05) is 18.2 Å². The zero-order chi connectivity index (χ0) is 25.8. The summed E-state index contributed by atoms with van der Waals surface area (Å²) in [5.41, 5.74) is 3.26. The van der Waals surface area contributed by atoms with Crippen LogP contribution in [0.5, 0.6) is 5.75 Å². The molecule has 2 aromatic rings. The molecule has 2 saturated heterocycles. The van der Waals surface area contributed by atoms with Crippen LogP contribution in [-0.4, -0.2) is 76.0 Å². The maximum absolute atomic E-state index is 10.1. The van der Waals surface area contributed by atoms with Crippen molar-refractivity contribution in [2.75, 3.05) is 37.7 Å². The average molecular weight is 497 g/mol. The summed E-state index contributed by atoms with van der Waals surface area (Å²) in [6.07, 6.45) is 9.96. The first-order chi connectivity index (χ1) is 17.2. The van der Waals surface area contributed by atoms with Crippen molar-refractivity contribution in [2.45, 2.75) is 70.4 Å². The molecule has 2 aliphatic heterocycles. The van der Waals surface area contributed by atoms with Crippen molar-refractivity contribution in [3.63, 3.8) is 0 Å². The fourth-order valence-electron chi connectivity index (χ4n) is 6.18. The minimum Gasteiger partial charge on any atom is -0.490 e. The zero-order valence-corrected chi connectivity index (χ0v) is 21.8. The van der Waals surface area contributed by atoms with E-state index in [9.17, 15) is 5.11 Å². The minimum absolute atomic E-state index is 0.250. The second-order valence-electron chi connectivity index (χ2n) is 11.3. The summed E-state index contributed by atoms with van der Waals surface area (Å²) in [6, 6.07) is 9.13. The summed E-state index contributed by atoms with van der Waals surface area (Å²) in [5, 5.41) is 16.9. The molecule has 8 nitrogen and oxygen atoms in total. The van der Waals surface area contributed by atoms with E-state index in [1.54, 1.807) is 20.2 Å². The highest BCUT2D eigenvalue weighted by molar-refractivity contribution is 5.51. The number of aliphatic hydroxyl groups is 1. The predicted molar refractivity (Wildman–Crippen MR) is 140 cm³/mol. The molecule has 0 radical (unpaired) electrons. The summed E-state index contributed by atoms with van der Waals surface area (Å²) in [4.78, 5) is 22.2. The summed E-state index contributed by atoms with van der Waals surface area (Å²) >= 11 is 0. The molecular weight excluding hydrogens is 456 g/mol. The summed E-state index contributed by atoms with van der Waals surface area (Å²) in [5.74, 6) is 1.47. The van der Waals surface area contributed by atoms with Gasteiger partial charge in [0, 0.05) is 24.5 Å². The Morgan fingerprint density at radius 2 is 1.89 bits per heavy atom. The molecule has 1 atom stereocenters. The summed E-state index contributed by atoms with van der Waals surface area (Å²) in [6.45, 7) is 10.4. The monoisotopic (exact) mass is 496 g/mol. The van der Waals surface area contributed by atoms with Crippen molar-refractivity contribution in [2.24, 2.45) is 5.41 Å². The highest BCUT2D eigenvalue weighted by Gasteiger charge is 2.49. The number of piperidine rings is 1. The van der Waals surface area contributed by atoms with Crippen LogP contribution in [-0.2, 0) is 4.79 Å². The topological polar surface area (TPSA) is 99.0 Å². The first-order valence-electron chi connectivity index (χ1n) is 13.0. The van der Waals surface area contributed by atoms with E-state index in [4.69, 9.17) is 14.6 Å². The Hall–Kier alpha value is -2.71. The first kappa shape index (κ1) is 26.4. The van der Waals surface area contributed by atoms with Crippen molar-refractivity contribution in [1.82, 2.24) is 14.9 Å². The Kier molecular flexibility index (Phi) is 8.15. The number of carboxylic acid groups (broad SMARTS) is 1. The highest BCUT2D eigenvalue weighted by Crippen LogP contribution is 2.49. The van der Waals surface area contributed by atoms with E-state index in [2.05, 4.69) is 44.9 Å². The van der Waals surface area contributed by atoms with Crippen LogP contribution < -0.4 is 9.64 Å². The number of anilines is 1. The molecule has 0 amide bonds. The van der Waals surface area contributed by atoms with Crippen molar-refractivity contribution < 1.29 is 19.7 Å². The number of rotatable bonds is 6. The number of carbonyl (C=O) groups is 1. The summed E-state index contributed by atoms with van der Waals surface area (Å²) < 4.78 is 6.01. The molecule has 1 aromatic heterocycles. The largest absolute Gasteiger partial charge is 0.490 e. The number of nitrogens with zero attached hydrogens (tertiary/aromatic N) is 4. The second-order valence-corrected chi connectivity index (χ2v) is 11.3. The lowest BCUT2D eigenvalue weighted by Crippen LogP contribution is -2.56. The molecule has 3 heterocycles. The Labute approximate surface area is 214 Å². The Balaban J connectivity index is 0.000000967. The van der Waals surface area contributed by atoms with Gasteiger partial charge in [0.1, 0.15) is 18.7 Å². The average Bonchev–Trinajstić information content (AvgIpc) is 3.29. The van der Waals surface area contributed by atoms with Gasteiger partial charge in [-0.2, -0.15) is 0 Å². The van der Waals surface area contributed by atoms with Gasteiger partial charge < -0.3 is 24.7 Å². The van der Waals surface area contributed by atoms with Gasteiger partial charge in [-0.05, 0) is 83.5 Å². The van der Waals surface area contributed by atoms with Crippen LogP contribution in [0.1, 0.15) is 63.1 Å². The van der Waals surface area contributed by atoms with E-state index in [1.165, 1.54) is 56.4 Å². The van der Waals surface area contributed by atoms with E-state index in [0.29, 0.717) is 17.9 Å². The molecule has 3 aliphatic rings. The molecule has 1 saturated carbocycles. The van der Waals surface area contributed by atoms with Gasteiger partial charge in [0.15, 0.2) is 0 Å². The van der Waals surface area contributed by atoms with Gasteiger partial charge in [-0.15, -0.1) is 0 Å². The normalized spacial score (nSPS) is 22.0. The number of ether oxygens (including phenoxy) is 1. The van der Waals surface area contributed by atoms with E-state index in [0.717, 1.165) is 30.6 Å². The number of para-hydroxylation sites is 1. The molecule has 8 heteroatoms. The van der Waals surface area contributed by atoms with Crippen LogP contribution in [0, 0.1) is 12.3 Å².